The van der Waals surface area contributed by atoms with E-state index in [1.807, 2.05) is 42.5 Å². The average molecular weight is 237 g/mol. The van der Waals surface area contributed by atoms with Gasteiger partial charge >= 0.3 is 0 Å². The summed E-state index contributed by atoms with van der Waals surface area (Å²) in [5, 5.41) is 5.08. The van der Waals surface area contributed by atoms with Crippen molar-refractivity contribution >= 4 is 16.7 Å². The average Bonchev–Trinajstić information content (AvgIpc) is 2.43. The minimum absolute atomic E-state index is 0.0437. The van der Waals surface area contributed by atoms with Crippen molar-refractivity contribution < 1.29 is 4.79 Å². The summed E-state index contributed by atoms with van der Waals surface area (Å²) in [7, 11) is 0. The Labute approximate surface area is 107 Å². The Morgan fingerprint density at radius 1 is 1.17 bits per heavy atom. The maximum Gasteiger partial charge on any atom is 0.251 e. The molecule has 0 aliphatic heterocycles. The van der Waals surface area contributed by atoms with E-state index in [9.17, 15) is 4.79 Å². The van der Waals surface area contributed by atoms with Gasteiger partial charge in [0.05, 0.1) is 0 Å². The Kier molecular flexibility index (Phi) is 3.98. The lowest BCUT2D eigenvalue weighted by molar-refractivity contribution is 0.0953. The molecular weight excluding hydrogens is 222 g/mol. The lowest BCUT2D eigenvalue weighted by atomic mass is 10.1. The van der Waals surface area contributed by atoms with Crippen molar-refractivity contribution in [2.75, 3.05) is 6.54 Å². The van der Waals surface area contributed by atoms with Gasteiger partial charge in [-0.3, -0.25) is 4.79 Å². The molecule has 0 saturated carbocycles. The number of terminal acetylenes is 1. The van der Waals surface area contributed by atoms with Gasteiger partial charge in [0, 0.05) is 18.5 Å². The van der Waals surface area contributed by atoms with Gasteiger partial charge in [0.2, 0.25) is 0 Å². The summed E-state index contributed by atoms with van der Waals surface area (Å²) in [4.78, 5) is 11.9. The summed E-state index contributed by atoms with van der Waals surface area (Å²) < 4.78 is 0. The summed E-state index contributed by atoms with van der Waals surface area (Å²) in [6.45, 7) is 0.621. The van der Waals surface area contributed by atoms with E-state index in [1.54, 1.807) is 0 Å². The number of hydrogen-bond donors (Lipinski definition) is 1. The molecule has 0 aliphatic rings. The molecule has 0 unspecified atom stereocenters. The molecule has 1 N–H and O–H groups in total. The zero-order valence-electron chi connectivity index (χ0n) is 10.1. The van der Waals surface area contributed by atoms with Crippen LogP contribution in [0.5, 0.6) is 0 Å². The lowest BCUT2D eigenvalue weighted by Gasteiger charge is -2.05. The predicted molar refractivity (Wildman–Crippen MR) is 74.3 cm³/mol. The minimum atomic E-state index is -0.0437. The summed E-state index contributed by atoms with van der Waals surface area (Å²) in [6, 6.07) is 13.7. The number of rotatable bonds is 4. The van der Waals surface area contributed by atoms with E-state index in [1.165, 1.54) is 0 Å². The summed E-state index contributed by atoms with van der Waals surface area (Å²) >= 11 is 0. The Bertz CT molecular complexity index is 595. The van der Waals surface area contributed by atoms with Crippen LogP contribution in [0, 0.1) is 12.3 Å². The first-order valence-electron chi connectivity index (χ1n) is 6.02. The molecule has 0 aromatic heterocycles. The van der Waals surface area contributed by atoms with Gasteiger partial charge in [0.1, 0.15) is 0 Å². The SMILES string of the molecule is C#CCCCNC(=O)c1ccc2ccccc2c1. The predicted octanol–water partition coefficient (Wildman–Crippen LogP) is 2.98. The van der Waals surface area contributed by atoms with Gasteiger partial charge in [-0.2, -0.15) is 0 Å². The molecular formula is C16H15NO. The number of benzene rings is 2. The van der Waals surface area contributed by atoms with Gasteiger partial charge in [-0.1, -0.05) is 30.3 Å². The van der Waals surface area contributed by atoms with Crippen molar-refractivity contribution in [3.63, 3.8) is 0 Å². The monoisotopic (exact) mass is 237 g/mol. The third-order valence-corrected chi connectivity index (χ3v) is 2.80. The fourth-order valence-corrected chi connectivity index (χ4v) is 1.82. The van der Waals surface area contributed by atoms with Crippen molar-refractivity contribution in [1.82, 2.24) is 5.32 Å². The van der Waals surface area contributed by atoms with Crippen molar-refractivity contribution in [2.24, 2.45) is 0 Å². The molecule has 2 aromatic rings. The highest BCUT2D eigenvalue weighted by Gasteiger charge is 2.04. The van der Waals surface area contributed by atoms with E-state index in [0.717, 1.165) is 17.2 Å². The van der Waals surface area contributed by atoms with Crippen molar-refractivity contribution in [3.05, 3.63) is 48.0 Å². The van der Waals surface area contributed by atoms with Gasteiger partial charge in [-0.25, -0.2) is 0 Å². The summed E-state index contributed by atoms with van der Waals surface area (Å²) in [6.07, 6.45) is 6.66. The molecule has 2 aromatic carbocycles. The Hall–Kier alpha value is -2.27. The van der Waals surface area contributed by atoms with Gasteiger partial charge in [-0.15, -0.1) is 12.3 Å². The molecule has 1 amide bonds. The van der Waals surface area contributed by atoms with E-state index in [4.69, 9.17) is 6.42 Å². The maximum absolute atomic E-state index is 11.9. The molecule has 0 atom stereocenters. The number of fused-ring (bicyclic) bond motifs is 1. The number of unbranched alkanes of at least 4 members (excludes halogenated alkanes) is 1. The van der Waals surface area contributed by atoms with Crippen LogP contribution in [0.25, 0.3) is 10.8 Å². The Balaban J connectivity index is 2.06. The van der Waals surface area contributed by atoms with Crippen molar-refractivity contribution in [2.45, 2.75) is 12.8 Å². The second-order valence-corrected chi connectivity index (χ2v) is 4.13. The van der Waals surface area contributed by atoms with Crippen LogP contribution in [0.4, 0.5) is 0 Å². The molecule has 2 rings (SSSR count). The molecule has 0 saturated heterocycles. The van der Waals surface area contributed by atoms with Crippen LogP contribution in [-0.4, -0.2) is 12.5 Å². The zero-order valence-corrected chi connectivity index (χ0v) is 10.1. The molecule has 2 nitrogen and oxygen atoms in total. The number of amides is 1. The third-order valence-electron chi connectivity index (χ3n) is 2.80. The Morgan fingerprint density at radius 3 is 2.72 bits per heavy atom. The van der Waals surface area contributed by atoms with Gasteiger partial charge < -0.3 is 5.32 Å². The van der Waals surface area contributed by atoms with Crippen LogP contribution >= 0.6 is 0 Å². The second kappa shape index (κ2) is 5.88. The second-order valence-electron chi connectivity index (χ2n) is 4.13. The molecule has 2 heteroatoms. The van der Waals surface area contributed by atoms with Gasteiger partial charge in [0.15, 0.2) is 0 Å². The normalized spacial score (nSPS) is 9.94. The quantitative estimate of drug-likeness (QED) is 0.643. The van der Waals surface area contributed by atoms with E-state index in [-0.39, 0.29) is 5.91 Å². The number of hydrogen-bond acceptors (Lipinski definition) is 1. The highest BCUT2D eigenvalue weighted by Crippen LogP contribution is 2.15. The standard InChI is InChI=1S/C16H15NO/c1-2-3-6-11-17-16(18)15-10-9-13-7-4-5-8-14(13)12-15/h1,4-5,7-10,12H,3,6,11H2,(H,17,18). The molecule has 0 heterocycles. The molecule has 90 valence electrons. The Morgan fingerprint density at radius 2 is 1.94 bits per heavy atom. The van der Waals surface area contributed by atoms with E-state index < -0.39 is 0 Å². The summed E-state index contributed by atoms with van der Waals surface area (Å²) in [5.41, 5.74) is 0.689. The van der Waals surface area contributed by atoms with Crippen LogP contribution in [-0.2, 0) is 0 Å². The van der Waals surface area contributed by atoms with Crippen LogP contribution in [0.1, 0.15) is 23.2 Å². The summed E-state index contributed by atoms with van der Waals surface area (Å²) in [5.74, 6) is 2.51. The fraction of sp³-hybridized carbons (Fsp3) is 0.188. The molecule has 0 aliphatic carbocycles. The van der Waals surface area contributed by atoms with Crippen LogP contribution in [0.2, 0.25) is 0 Å². The topological polar surface area (TPSA) is 29.1 Å². The van der Waals surface area contributed by atoms with E-state index in [2.05, 4.69) is 11.2 Å². The first kappa shape index (κ1) is 12.2. The number of carbonyl (C=O) groups is 1. The maximum atomic E-state index is 11.9. The molecule has 0 fully saturated rings. The fourth-order valence-electron chi connectivity index (χ4n) is 1.82. The highest BCUT2D eigenvalue weighted by atomic mass is 16.1. The molecule has 0 bridgehead atoms. The van der Waals surface area contributed by atoms with Crippen LogP contribution in [0.15, 0.2) is 42.5 Å². The van der Waals surface area contributed by atoms with E-state index in [0.29, 0.717) is 18.5 Å². The minimum Gasteiger partial charge on any atom is -0.352 e. The first-order valence-corrected chi connectivity index (χ1v) is 6.02. The smallest absolute Gasteiger partial charge is 0.251 e. The number of carbonyl (C=O) groups excluding carboxylic acids is 1. The zero-order chi connectivity index (χ0) is 12.8. The molecule has 0 spiro atoms. The molecule has 0 radical (unpaired) electrons. The lowest BCUT2D eigenvalue weighted by Crippen LogP contribution is -2.24. The van der Waals surface area contributed by atoms with E-state index >= 15 is 0 Å². The van der Waals surface area contributed by atoms with Crippen molar-refractivity contribution in [3.8, 4) is 12.3 Å². The first-order chi connectivity index (χ1) is 8.81. The van der Waals surface area contributed by atoms with Gasteiger partial charge in [0.25, 0.3) is 5.91 Å². The highest BCUT2D eigenvalue weighted by molar-refractivity contribution is 5.98. The van der Waals surface area contributed by atoms with Crippen LogP contribution in [0.3, 0.4) is 0 Å². The van der Waals surface area contributed by atoms with Crippen molar-refractivity contribution in [1.29, 1.82) is 0 Å². The molecule has 18 heavy (non-hydrogen) atoms. The number of nitrogens with one attached hydrogen (secondary N) is 1. The third kappa shape index (κ3) is 2.89. The largest absolute Gasteiger partial charge is 0.352 e. The van der Waals surface area contributed by atoms with Gasteiger partial charge in [-0.05, 0) is 29.3 Å². The van der Waals surface area contributed by atoms with Crippen LogP contribution < -0.4 is 5.32 Å².